The zero-order valence-electron chi connectivity index (χ0n) is 15.1. The van der Waals surface area contributed by atoms with E-state index in [-0.39, 0.29) is 12.1 Å². The van der Waals surface area contributed by atoms with Crippen LogP contribution in [0.5, 0.6) is 0 Å². The van der Waals surface area contributed by atoms with Gasteiger partial charge in [0.25, 0.3) is 0 Å². The Morgan fingerprint density at radius 1 is 1.19 bits per heavy atom. The molecule has 0 saturated carbocycles. The molecule has 0 bridgehead atoms. The van der Waals surface area contributed by atoms with Gasteiger partial charge < -0.3 is 10.1 Å². The average Bonchev–Trinajstić information content (AvgIpc) is 2.65. The number of nitrogens with zero attached hydrogens (tertiary/aromatic N) is 1. The van der Waals surface area contributed by atoms with Crippen molar-refractivity contribution in [1.82, 2.24) is 10.2 Å². The van der Waals surface area contributed by atoms with Crippen molar-refractivity contribution >= 4 is 0 Å². The van der Waals surface area contributed by atoms with Crippen LogP contribution in [0.2, 0.25) is 0 Å². The maximum Gasteiger partial charge on any atom is 0.129 e. The van der Waals surface area contributed by atoms with Crippen LogP contribution >= 0.6 is 0 Å². The molecule has 5 heteroatoms. The first-order valence-corrected chi connectivity index (χ1v) is 9.12. The lowest BCUT2D eigenvalue weighted by molar-refractivity contribution is 0.0370. The Morgan fingerprint density at radius 3 is 2.69 bits per heavy atom. The number of benzene rings is 2. The summed E-state index contributed by atoms with van der Waals surface area (Å²) in [6.45, 7) is 3.01. The summed E-state index contributed by atoms with van der Waals surface area (Å²) in [6, 6.07) is 14.5. The number of rotatable bonds is 7. The van der Waals surface area contributed by atoms with E-state index in [2.05, 4.69) is 29.4 Å². The zero-order chi connectivity index (χ0) is 18.4. The van der Waals surface area contributed by atoms with Crippen LogP contribution in [0.15, 0.2) is 48.5 Å². The predicted octanol–water partition coefficient (Wildman–Crippen LogP) is 3.39. The van der Waals surface area contributed by atoms with Gasteiger partial charge in [-0.1, -0.05) is 36.4 Å². The molecule has 26 heavy (non-hydrogen) atoms. The third-order valence-corrected chi connectivity index (χ3v) is 4.98. The summed E-state index contributed by atoms with van der Waals surface area (Å²) in [5.74, 6) is -1.01. The van der Waals surface area contributed by atoms with Gasteiger partial charge in [-0.2, -0.15) is 0 Å². The number of nitrogens with one attached hydrogen (secondary N) is 1. The topological polar surface area (TPSA) is 24.5 Å². The average molecular weight is 360 g/mol. The van der Waals surface area contributed by atoms with E-state index in [0.717, 1.165) is 32.2 Å². The minimum Gasteiger partial charge on any atom is -0.378 e. The number of morpholine rings is 1. The molecule has 1 N–H and O–H groups in total. The van der Waals surface area contributed by atoms with Gasteiger partial charge in [-0.25, -0.2) is 8.78 Å². The fraction of sp³-hybridized carbons (Fsp3) is 0.429. The van der Waals surface area contributed by atoms with Crippen molar-refractivity contribution in [3.8, 4) is 0 Å². The van der Waals surface area contributed by atoms with Gasteiger partial charge in [0, 0.05) is 31.2 Å². The number of likely N-dealkylation sites (N-methyl/N-ethyl adjacent to an activating group) is 1. The van der Waals surface area contributed by atoms with Crippen LogP contribution in [0.25, 0.3) is 0 Å². The van der Waals surface area contributed by atoms with Crippen LogP contribution in [-0.4, -0.2) is 43.8 Å². The molecule has 1 fully saturated rings. The van der Waals surface area contributed by atoms with Crippen LogP contribution in [0, 0.1) is 11.6 Å². The van der Waals surface area contributed by atoms with Crippen LogP contribution in [0.3, 0.4) is 0 Å². The van der Waals surface area contributed by atoms with Crippen molar-refractivity contribution < 1.29 is 13.5 Å². The minimum absolute atomic E-state index is 0.194. The van der Waals surface area contributed by atoms with Gasteiger partial charge in [-0.15, -0.1) is 0 Å². The van der Waals surface area contributed by atoms with Crippen molar-refractivity contribution in [3.63, 3.8) is 0 Å². The number of hydrogen-bond donors (Lipinski definition) is 1. The molecule has 2 aromatic carbocycles. The maximum atomic E-state index is 14.0. The quantitative estimate of drug-likeness (QED) is 0.819. The third kappa shape index (κ3) is 5.10. The van der Waals surface area contributed by atoms with Gasteiger partial charge in [0.05, 0.1) is 13.2 Å². The first-order chi connectivity index (χ1) is 12.6. The summed E-state index contributed by atoms with van der Waals surface area (Å²) in [7, 11) is 2.09. The smallest absolute Gasteiger partial charge is 0.129 e. The number of ether oxygens (including phenoxy) is 1. The first kappa shape index (κ1) is 19.0. The van der Waals surface area contributed by atoms with E-state index >= 15 is 0 Å². The van der Waals surface area contributed by atoms with Crippen LogP contribution < -0.4 is 5.32 Å². The second kappa shape index (κ2) is 9.21. The molecule has 2 unspecified atom stereocenters. The Balaban J connectivity index is 1.69. The van der Waals surface area contributed by atoms with Crippen molar-refractivity contribution in [1.29, 1.82) is 0 Å². The predicted molar refractivity (Wildman–Crippen MR) is 99.0 cm³/mol. The zero-order valence-corrected chi connectivity index (χ0v) is 15.1. The Kier molecular flexibility index (Phi) is 6.72. The summed E-state index contributed by atoms with van der Waals surface area (Å²) in [4.78, 5) is 2.29. The molecule has 0 spiro atoms. The fourth-order valence-corrected chi connectivity index (χ4v) is 3.58. The Bertz CT molecular complexity index is 690. The molecule has 0 aromatic heterocycles. The number of hydrogen-bond acceptors (Lipinski definition) is 3. The van der Waals surface area contributed by atoms with Crippen LogP contribution in [-0.2, 0) is 17.7 Å². The molecule has 0 amide bonds. The molecular formula is C21H26F2N2O. The third-order valence-electron chi connectivity index (χ3n) is 4.98. The lowest BCUT2D eigenvalue weighted by Gasteiger charge is -2.37. The summed E-state index contributed by atoms with van der Waals surface area (Å²) in [5.41, 5.74) is 1.80. The van der Waals surface area contributed by atoms with Crippen molar-refractivity contribution in [3.05, 3.63) is 71.3 Å². The highest BCUT2D eigenvalue weighted by Crippen LogP contribution is 2.19. The van der Waals surface area contributed by atoms with E-state index in [1.807, 2.05) is 18.2 Å². The summed E-state index contributed by atoms with van der Waals surface area (Å²) >= 11 is 0. The lowest BCUT2D eigenvalue weighted by Crippen LogP contribution is -2.54. The van der Waals surface area contributed by atoms with Gasteiger partial charge in [0.1, 0.15) is 11.6 Å². The normalized spacial score (nSPS) is 18.8. The largest absolute Gasteiger partial charge is 0.378 e. The van der Waals surface area contributed by atoms with Crippen molar-refractivity contribution in [2.45, 2.75) is 31.5 Å². The van der Waals surface area contributed by atoms with Crippen molar-refractivity contribution in [2.75, 3.05) is 26.8 Å². The van der Waals surface area contributed by atoms with E-state index in [9.17, 15) is 8.78 Å². The fourth-order valence-electron chi connectivity index (χ4n) is 3.58. The summed E-state index contributed by atoms with van der Waals surface area (Å²) < 4.78 is 32.8. The maximum absolute atomic E-state index is 14.0. The molecule has 0 aliphatic carbocycles. The van der Waals surface area contributed by atoms with E-state index in [1.54, 1.807) is 6.07 Å². The molecule has 2 atom stereocenters. The molecule has 0 radical (unpaired) electrons. The van der Waals surface area contributed by atoms with E-state index in [0.29, 0.717) is 18.6 Å². The second-order valence-electron chi connectivity index (χ2n) is 6.88. The summed E-state index contributed by atoms with van der Waals surface area (Å²) in [5, 5.41) is 3.53. The molecule has 1 aliphatic rings. The monoisotopic (exact) mass is 360 g/mol. The van der Waals surface area contributed by atoms with Gasteiger partial charge in [0.2, 0.25) is 0 Å². The highest BCUT2D eigenvalue weighted by Gasteiger charge is 2.27. The SMILES string of the molecule is CN(Cc1ccccc1)C(CCc1ccc(F)cc1F)C1COCCN1. The Morgan fingerprint density at radius 2 is 2.00 bits per heavy atom. The molecule has 3 rings (SSSR count). The molecule has 1 heterocycles. The van der Waals surface area contributed by atoms with Gasteiger partial charge in [0.15, 0.2) is 0 Å². The van der Waals surface area contributed by atoms with E-state index in [1.165, 1.54) is 11.6 Å². The van der Waals surface area contributed by atoms with Crippen LogP contribution in [0.4, 0.5) is 8.78 Å². The van der Waals surface area contributed by atoms with E-state index in [4.69, 9.17) is 4.74 Å². The number of halogens is 2. The number of aryl methyl sites for hydroxylation is 1. The molecule has 140 valence electrons. The first-order valence-electron chi connectivity index (χ1n) is 9.12. The van der Waals surface area contributed by atoms with Gasteiger partial charge in [-0.3, -0.25) is 4.90 Å². The minimum atomic E-state index is -0.536. The van der Waals surface area contributed by atoms with E-state index < -0.39 is 11.6 Å². The summed E-state index contributed by atoms with van der Waals surface area (Å²) in [6.07, 6.45) is 1.33. The van der Waals surface area contributed by atoms with Crippen LogP contribution in [0.1, 0.15) is 17.5 Å². The molecule has 1 aliphatic heterocycles. The highest BCUT2D eigenvalue weighted by molar-refractivity contribution is 5.19. The lowest BCUT2D eigenvalue weighted by atomic mass is 9.97. The highest BCUT2D eigenvalue weighted by atomic mass is 19.1. The Hall–Kier alpha value is -1.82. The second-order valence-corrected chi connectivity index (χ2v) is 6.88. The van der Waals surface area contributed by atoms with Crippen molar-refractivity contribution in [2.24, 2.45) is 0 Å². The molecule has 2 aromatic rings. The Labute approximate surface area is 154 Å². The standard InChI is InChI=1S/C21H26F2N2O/c1-25(14-16-5-3-2-4-6-16)21(20-15-26-12-11-24-20)10-8-17-7-9-18(22)13-19(17)23/h2-7,9,13,20-21,24H,8,10-12,14-15H2,1H3. The molecular weight excluding hydrogens is 334 g/mol. The van der Waals surface area contributed by atoms with Gasteiger partial charge in [-0.05, 0) is 37.1 Å². The molecule has 3 nitrogen and oxygen atoms in total. The van der Waals surface area contributed by atoms with Gasteiger partial charge >= 0.3 is 0 Å². The molecule has 1 saturated heterocycles.